The smallest absolute Gasteiger partial charge is 0.194 e. The number of hydrogen-bond donors (Lipinski definition) is 1. The highest BCUT2D eigenvalue weighted by Crippen LogP contribution is 2.22. The summed E-state index contributed by atoms with van der Waals surface area (Å²) in [6.07, 6.45) is 5.46. The lowest BCUT2D eigenvalue weighted by atomic mass is 10.00. The van der Waals surface area contributed by atoms with E-state index in [0.717, 1.165) is 57.1 Å². The van der Waals surface area contributed by atoms with E-state index in [1.165, 1.54) is 16.1 Å². The molecule has 1 aliphatic heterocycles. The molecule has 0 radical (unpaired) electrons. The van der Waals surface area contributed by atoms with Crippen molar-refractivity contribution in [2.45, 2.75) is 33.1 Å². The molecule has 4 nitrogen and oxygen atoms in total. The largest absolute Gasteiger partial charge is 0.357 e. The molecule has 0 bridgehead atoms. The molecule has 0 amide bonds. The molecule has 2 aromatic rings. The lowest BCUT2D eigenvalue weighted by Crippen LogP contribution is -2.43. The second-order valence-corrected chi connectivity index (χ2v) is 7.46. The standard InChI is InChI=1S/C21H28N4S.HI/c1-3-22-21(23-13-7-10-20-24-17(2)16-26-20)25-14-11-19(12-15-25)18-8-5-4-6-9-18;/h4-6,8-9,11,16H,3,7,10,12-15H2,1-2H3,(H,22,23);1H. The third-order valence-electron chi connectivity index (χ3n) is 4.47. The summed E-state index contributed by atoms with van der Waals surface area (Å²) in [6, 6.07) is 10.7. The molecule has 1 N–H and O–H groups in total. The molecule has 0 saturated heterocycles. The first kappa shape index (κ1) is 21.9. The van der Waals surface area contributed by atoms with Crippen LogP contribution in [0, 0.1) is 6.92 Å². The van der Waals surface area contributed by atoms with Crippen molar-refractivity contribution < 1.29 is 0 Å². The summed E-state index contributed by atoms with van der Waals surface area (Å²) in [7, 11) is 0. The summed E-state index contributed by atoms with van der Waals surface area (Å²) in [5.74, 6) is 1.03. The monoisotopic (exact) mass is 496 g/mol. The Morgan fingerprint density at radius 3 is 2.74 bits per heavy atom. The second-order valence-electron chi connectivity index (χ2n) is 6.51. The zero-order valence-electron chi connectivity index (χ0n) is 16.1. The van der Waals surface area contributed by atoms with Crippen molar-refractivity contribution in [1.29, 1.82) is 0 Å². The van der Waals surface area contributed by atoms with Gasteiger partial charge in [-0.15, -0.1) is 35.3 Å². The van der Waals surface area contributed by atoms with Gasteiger partial charge < -0.3 is 10.2 Å². The van der Waals surface area contributed by atoms with E-state index in [2.05, 4.69) is 70.8 Å². The number of nitrogens with zero attached hydrogens (tertiary/aromatic N) is 3. The maximum atomic E-state index is 4.84. The first-order valence-corrected chi connectivity index (χ1v) is 10.3. The number of halogens is 1. The number of rotatable bonds is 6. The van der Waals surface area contributed by atoms with E-state index >= 15 is 0 Å². The van der Waals surface area contributed by atoms with Crippen molar-refractivity contribution in [3.05, 3.63) is 58.1 Å². The van der Waals surface area contributed by atoms with Crippen molar-refractivity contribution in [3.8, 4) is 0 Å². The fraction of sp³-hybridized carbons (Fsp3) is 0.429. The van der Waals surface area contributed by atoms with E-state index in [0.29, 0.717) is 0 Å². The van der Waals surface area contributed by atoms with Crippen molar-refractivity contribution in [3.63, 3.8) is 0 Å². The van der Waals surface area contributed by atoms with Crippen LogP contribution < -0.4 is 5.32 Å². The Morgan fingerprint density at radius 1 is 1.30 bits per heavy atom. The van der Waals surface area contributed by atoms with Gasteiger partial charge in [-0.05, 0) is 37.8 Å². The van der Waals surface area contributed by atoms with Crippen LogP contribution in [0.2, 0.25) is 0 Å². The molecular formula is C21H29IN4S. The fourth-order valence-electron chi connectivity index (χ4n) is 3.13. The van der Waals surface area contributed by atoms with Crippen LogP contribution >= 0.6 is 35.3 Å². The van der Waals surface area contributed by atoms with Gasteiger partial charge in [0.15, 0.2) is 5.96 Å². The number of aliphatic imine (C=N–C) groups is 1. The minimum Gasteiger partial charge on any atom is -0.357 e. The average molecular weight is 496 g/mol. The third kappa shape index (κ3) is 6.60. The molecule has 0 fully saturated rings. The number of aryl methyl sites for hydroxylation is 2. The van der Waals surface area contributed by atoms with Crippen LogP contribution in [-0.2, 0) is 6.42 Å². The molecule has 1 aromatic carbocycles. The highest BCUT2D eigenvalue weighted by molar-refractivity contribution is 14.0. The Labute approximate surface area is 183 Å². The van der Waals surface area contributed by atoms with E-state index < -0.39 is 0 Å². The summed E-state index contributed by atoms with van der Waals surface area (Å²) in [5.41, 5.74) is 3.90. The van der Waals surface area contributed by atoms with Gasteiger partial charge in [-0.25, -0.2) is 4.98 Å². The Kier molecular flexibility index (Phi) is 9.27. The summed E-state index contributed by atoms with van der Waals surface area (Å²) in [4.78, 5) is 11.7. The molecule has 6 heteroatoms. The molecule has 1 aliphatic rings. The number of nitrogens with one attached hydrogen (secondary N) is 1. The van der Waals surface area contributed by atoms with Gasteiger partial charge in [0, 0.05) is 43.7 Å². The molecule has 0 aliphatic carbocycles. The van der Waals surface area contributed by atoms with Gasteiger partial charge in [-0.3, -0.25) is 4.99 Å². The molecule has 0 unspecified atom stereocenters. The minimum atomic E-state index is 0. The maximum Gasteiger partial charge on any atom is 0.194 e. The van der Waals surface area contributed by atoms with Crippen LogP contribution in [0.25, 0.3) is 5.57 Å². The zero-order valence-corrected chi connectivity index (χ0v) is 19.3. The molecule has 2 heterocycles. The maximum absolute atomic E-state index is 4.84. The van der Waals surface area contributed by atoms with E-state index in [1.54, 1.807) is 11.3 Å². The minimum absolute atomic E-state index is 0. The lowest BCUT2D eigenvalue weighted by molar-refractivity contribution is 0.440. The first-order valence-electron chi connectivity index (χ1n) is 9.45. The first-order chi connectivity index (χ1) is 12.8. The number of thiazole rings is 1. The van der Waals surface area contributed by atoms with E-state index in [9.17, 15) is 0 Å². The molecule has 146 valence electrons. The Balaban J connectivity index is 0.00000261. The summed E-state index contributed by atoms with van der Waals surface area (Å²) in [6.45, 7) is 7.85. The number of guanidine groups is 1. The molecule has 3 rings (SSSR count). The van der Waals surface area contributed by atoms with Gasteiger partial charge in [0.25, 0.3) is 0 Å². The summed E-state index contributed by atoms with van der Waals surface area (Å²) < 4.78 is 0. The van der Waals surface area contributed by atoms with Gasteiger partial charge >= 0.3 is 0 Å². The Morgan fingerprint density at radius 2 is 2.11 bits per heavy atom. The van der Waals surface area contributed by atoms with Crippen molar-refractivity contribution in [1.82, 2.24) is 15.2 Å². The van der Waals surface area contributed by atoms with Crippen LogP contribution in [-0.4, -0.2) is 42.0 Å². The van der Waals surface area contributed by atoms with E-state index in [1.807, 2.05) is 0 Å². The van der Waals surface area contributed by atoms with Crippen LogP contribution in [0.3, 0.4) is 0 Å². The lowest BCUT2D eigenvalue weighted by Gasteiger charge is -2.30. The van der Waals surface area contributed by atoms with Crippen molar-refractivity contribution in [2.75, 3.05) is 26.2 Å². The van der Waals surface area contributed by atoms with Crippen LogP contribution in [0.5, 0.6) is 0 Å². The Hall–Kier alpha value is -1.41. The van der Waals surface area contributed by atoms with Crippen molar-refractivity contribution in [2.24, 2.45) is 4.99 Å². The number of benzene rings is 1. The van der Waals surface area contributed by atoms with Crippen LogP contribution in [0.15, 0.2) is 46.8 Å². The quantitative estimate of drug-likeness (QED) is 0.272. The normalized spacial score (nSPS) is 14.5. The van der Waals surface area contributed by atoms with Gasteiger partial charge in [-0.1, -0.05) is 36.4 Å². The SMILES string of the molecule is CCNC(=NCCCc1nc(C)cs1)N1CC=C(c2ccccc2)CC1.I. The van der Waals surface area contributed by atoms with E-state index in [4.69, 9.17) is 4.99 Å². The molecule has 27 heavy (non-hydrogen) atoms. The van der Waals surface area contributed by atoms with Gasteiger partial charge in [0.1, 0.15) is 0 Å². The second kappa shape index (κ2) is 11.4. The third-order valence-corrected chi connectivity index (χ3v) is 5.49. The summed E-state index contributed by atoms with van der Waals surface area (Å²) >= 11 is 1.75. The van der Waals surface area contributed by atoms with Gasteiger partial charge in [0.05, 0.1) is 5.01 Å². The highest BCUT2D eigenvalue weighted by atomic mass is 127. The number of aromatic nitrogens is 1. The molecule has 0 atom stereocenters. The Bertz CT molecular complexity index is 755. The molecular weight excluding hydrogens is 467 g/mol. The summed E-state index contributed by atoms with van der Waals surface area (Å²) in [5, 5.41) is 6.78. The zero-order chi connectivity index (χ0) is 18.2. The highest BCUT2D eigenvalue weighted by Gasteiger charge is 2.15. The fourth-order valence-corrected chi connectivity index (χ4v) is 3.95. The predicted molar refractivity (Wildman–Crippen MR) is 127 cm³/mol. The van der Waals surface area contributed by atoms with Crippen molar-refractivity contribution >= 4 is 46.8 Å². The van der Waals surface area contributed by atoms with Gasteiger partial charge in [0.2, 0.25) is 0 Å². The van der Waals surface area contributed by atoms with Crippen LogP contribution in [0.4, 0.5) is 0 Å². The molecule has 1 aromatic heterocycles. The van der Waals surface area contributed by atoms with E-state index in [-0.39, 0.29) is 24.0 Å². The molecule has 0 spiro atoms. The number of hydrogen-bond acceptors (Lipinski definition) is 3. The topological polar surface area (TPSA) is 40.5 Å². The predicted octanol–water partition coefficient (Wildman–Crippen LogP) is 4.76. The molecule has 0 saturated carbocycles. The average Bonchev–Trinajstić information content (AvgIpc) is 3.10. The van der Waals surface area contributed by atoms with Crippen LogP contribution in [0.1, 0.15) is 36.0 Å². The van der Waals surface area contributed by atoms with Gasteiger partial charge in [-0.2, -0.15) is 0 Å².